The molecule has 2 nitrogen and oxygen atoms in total. The Balaban J connectivity index is 2.52. The van der Waals surface area contributed by atoms with Gasteiger partial charge >= 0.3 is 0 Å². The van der Waals surface area contributed by atoms with Crippen LogP contribution >= 0.6 is 15.9 Å². The maximum absolute atomic E-state index is 5.50. The monoisotopic (exact) mass is 297 g/mol. The van der Waals surface area contributed by atoms with Gasteiger partial charge in [-0.3, -0.25) is 0 Å². The first-order valence-corrected chi connectivity index (χ1v) is 6.65. The highest BCUT2D eigenvalue weighted by Crippen LogP contribution is 2.25. The van der Waals surface area contributed by atoms with Crippen molar-refractivity contribution in [3.63, 3.8) is 0 Å². The van der Waals surface area contributed by atoms with Gasteiger partial charge in [-0.15, -0.1) is 0 Å². The number of nitrogens with one attached hydrogen (secondary N) is 1. The minimum Gasteiger partial charge on any atom is -0.488 e. The van der Waals surface area contributed by atoms with E-state index in [1.54, 1.807) is 6.08 Å². The molecule has 0 spiro atoms. The molecule has 0 heterocycles. The highest BCUT2D eigenvalue weighted by Gasteiger charge is 2.02. The molecule has 1 N–H and O–H groups in total. The Kier molecular flexibility index (Phi) is 6.30. The summed E-state index contributed by atoms with van der Waals surface area (Å²) >= 11 is 3.51. The Bertz CT molecular complexity index is 363. The minimum absolute atomic E-state index is 0.531. The van der Waals surface area contributed by atoms with Crippen molar-refractivity contribution in [1.82, 2.24) is 5.32 Å². The molecular weight excluding hydrogens is 278 g/mol. The van der Waals surface area contributed by atoms with Gasteiger partial charge in [0.15, 0.2) is 0 Å². The predicted octanol–water partition coefficient (Wildman–Crippen LogP) is 3.76. The standard InChI is InChI=1S/C14H20BrNO/c1-4-7-17-14-6-5-12(8-13(14)15)10-16-9-11(2)3/h4-6,8,11,16H,1,7,9-10H2,2-3H3. The molecule has 1 rings (SSSR count). The fraction of sp³-hybridized carbons (Fsp3) is 0.429. The number of halogens is 1. The summed E-state index contributed by atoms with van der Waals surface area (Å²) in [6.45, 7) is 10.5. The summed E-state index contributed by atoms with van der Waals surface area (Å²) in [5.74, 6) is 1.53. The number of hydrogen-bond donors (Lipinski definition) is 1. The quantitative estimate of drug-likeness (QED) is 0.774. The van der Waals surface area contributed by atoms with E-state index in [1.165, 1.54) is 5.56 Å². The first-order chi connectivity index (χ1) is 8.13. The first kappa shape index (κ1) is 14.3. The molecular formula is C14H20BrNO. The largest absolute Gasteiger partial charge is 0.488 e. The Morgan fingerprint density at radius 1 is 1.47 bits per heavy atom. The lowest BCUT2D eigenvalue weighted by atomic mass is 10.2. The summed E-state index contributed by atoms with van der Waals surface area (Å²) < 4.78 is 6.49. The van der Waals surface area contributed by atoms with Crippen molar-refractivity contribution >= 4 is 15.9 Å². The second-order valence-electron chi connectivity index (χ2n) is 4.39. The van der Waals surface area contributed by atoms with E-state index in [1.807, 2.05) is 6.07 Å². The zero-order chi connectivity index (χ0) is 12.7. The van der Waals surface area contributed by atoms with E-state index in [2.05, 4.69) is 53.8 Å². The number of hydrogen-bond acceptors (Lipinski definition) is 2. The average molecular weight is 298 g/mol. The molecule has 0 unspecified atom stereocenters. The zero-order valence-corrected chi connectivity index (χ0v) is 12.1. The SMILES string of the molecule is C=CCOc1ccc(CNCC(C)C)cc1Br. The van der Waals surface area contributed by atoms with Gasteiger partial charge in [0.1, 0.15) is 12.4 Å². The zero-order valence-electron chi connectivity index (χ0n) is 10.5. The number of rotatable bonds is 7. The molecule has 3 heteroatoms. The van der Waals surface area contributed by atoms with Crippen LogP contribution in [0.25, 0.3) is 0 Å². The maximum atomic E-state index is 5.50. The fourth-order valence-electron chi connectivity index (χ4n) is 1.43. The van der Waals surface area contributed by atoms with Crippen LogP contribution in [0.3, 0.4) is 0 Å². The molecule has 1 aromatic rings. The molecule has 0 aliphatic carbocycles. The van der Waals surface area contributed by atoms with Crippen LogP contribution in [0.2, 0.25) is 0 Å². The van der Waals surface area contributed by atoms with Crippen LogP contribution < -0.4 is 10.1 Å². The lowest BCUT2D eigenvalue weighted by Crippen LogP contribution is -2.18. The van der Waals surface area contributed by atoms with E-state index < -0.39 is 0 Å². The van der Waals surface area contributed by atoms with E-state index in [9.17, 15) is 0 Å². The lowest BCUT2D eigenvalue weighted by Gasteiger charge is -2.10. The van der Waals surface area contributed by atoms with Crippen LogP contribution in [0.15, 0.2) is 35.3 Å². The first-order valence-electron chi connectivity index (χ1n) is 5.86. The summed E-state index contributed by atoms with van der Waals surface area (Å²) in [4.78, 5) is 0. The third-order valence-corrected chi connectivity index (χ3v) is 2.85. The molecule has 0 amide bonds. The van der Waals surface area contributed by atoms with Gasteiger partial charge in [0, 0.05) is 6.54 Å². The van der Waals surface area contributed by atoms with Gasteiger partial charge < -0.3 is 10.1 Å². The fourth-order valence-corrected chi connectivity index (χ4v) is 1.97. The molecule has 0 bridgehead atoms. The second-order valence-corrected chi connectivity index (χ2v) is 5.24. The van der Waals surface area contributed by atoms with Gasteiger partial charge in [0.2, 0.25) is 0 Å². The van der Waals surface area contributed by atoms with Crippen molar-refractivity contribution in [2.24, 2.45) is 5.92 Å². The predicted molar refractivity (Wildman–Crippen MR) is 76.4 cm³/mol. The van der Waals surface area contributed by atoms with E-state index in [4.69, 9.17) is 4.74 Å². The number of benzene rings is 1. The molecule has 0 fully saturated rings. The van der Waals surface area contributed by atoms with E-state index >= 15 is 0 Å². The summed E-state index contributed by atoms with van der Waals surface area (Å²) in [5.41, 5.74) is 1.25. The van der Waals surface area contributed by atoms with Crippen LogP contribution in [0.1, 0.15) is 19.4 Å². The minimum atomic E-state index is 0.531. The smallest absolute Gasteiger partial charge is 0.133 e. The molecule has 0 atom stereocenters. The van der Waals surface area contributed by atoms with Crippen LogP contribution in [-0.2, 0) is 6.54 Å². The third kappa shape index (κ3) is 5.37. The molecule has 0 aliphatic heterocycles. The van der Waals surface area contributed by atoms with Crippen LogP contribution in [0.5, 0.6) is 5.75 Å². The summed E-state index contributed by atoms with van der Waals surface area (Å²) in [5, 5.41) is 3.41. The molecule has 94 valence electrons. The maximum Gasteiger partial charge on any atom is 0.133 e. The van der Waals surface area contributed by atoms with Crippen LogP contribution in [0, 0.1) is 5.92 Å². The van der Waals surface area contributed by atoms with Gasteiger partial charge in [-0.1, -0.05) is 32.6 Å². The molecule has 0 saturated carbocycles. The van der Waals surface area contributed by atoms with Gasteiger partial charge in [0.25, 0.3) is 0 Å². The normalized spacial score (nSPS) is 10.6. The summed E-state index contributed by atoms with van der Waals surface area (Å²) in [7, 11) is 0. The van der Waals surface area contributed by atoms with Crippen molar-refractivity contribution in [2.75, 3.05) is 13.2 Å². The van der Waals surface area contributed by atoms with Crippen LogP contribution in [-0.4, -0.2) is 13.2 Å². The molecule has 17 heavy (non-hydrogen) atoms. The Morgan fingerprint density at radius 2 is 2.24 bits per heavy atom. The van der Waals surface area contributed by atoms with E-state index in [0.29, 0.717) is 12.5 Å². The Labute approximate surface area is 112 Å². The van der Waals surface area contributed by atoms with Gasteiger partial charge in [-0.25, -0.2) is 0 Å². The number of ether oxygens (including phenoxy) is 1. The van der Waals surface area contributed by atoms with Crippen molar-refractivity contribution in [2.45, 2.75) is 20.4 Å². The van der Waals surface area contributed by atoms with Gasteiger partial charge in [-0.05, 0) is 46.1 Å². The molecule has 0 aliphatic rings. The molecule has 1 aromatic carbocycles. The van der Waals surface area contributed by atoms with E-state index in [-0.39, 0.29) is 0 Å². The Morgan fingerprint density at radius 3 is 2.82 bits per heavy atom. The van der Waals surface area contributed by atoms with Crippen molar-refractivity contribution < 1.29 is 4.74 Å². The average Bonchev–Trinajstić information content (AvgIpc) is 2.27. The van der Waals surface area contributed by atoms with Crippen molar-refractivity contribution in [1.29, 1.82) is 0 Å². The van der Waals surface area contributed by atoms with Crippen LogP contribution in [0.4, 0.5) is 0 Å². The van der Waals surface area contributed by atoms with Gasteiger partial charge in [-0.2, -0.15) is 0 Å². The third-order valence-electron chi connectivity index (χ3n) is 2.23. The second kappa shape index (κ2) is 7.51. The Hall–Kier alpha value is -0.800. The van der Waals surface area contributed by atoms with E-state index in [0.717, 1.165) is 23.3 Å². The highest BCUT2D eigenvalue weighted by atomic mass is 79.9. The summed E-state index contributed by atoms with van der Waals surface area (Å²) in [6, 6.07) is 6.15. The topological polar surface area (TPSA) is 21.3 Å². The lowest BCUT2D eigenvalue weighted by molar-refractivity contribution is 0.361. The molecule has 0 aromatic heterocycles. The van der Waals surface area contributed by atoms with Crippen molar-refractivity contribution in [3.8, 4) is 5.75 Å². The van der Waals surface area contributed by atoms with Gasteiger partial charge in [0.05, 0.1) is 4.47 Å². The van der Waals surface area contributed by atoms with Crippen molar-refractivity contribution in [3.05, 3.63) is 40.9 Å². The highest BCUT2D eigenvalue weighted by molar-refractivity contribution is 9.10. The summed E-state index contributed by atoms with van der Waals surface area (Å²) in [6.07, 6.45) is 1.74. The molecule has 0 saturated heterocycles. The molecule has 0 radical (unpaired) electrons.